The fraction of sp³-hybridized carbons (Fsp3) is 0.188. The minimum Gasteiger partial charge on any atom is -0.443 e. The number of ether oxygens (including phenoxy) is 1. The van der Waals surface area contributed by atoms with Crippen LogP contribution in [0.2, 0.25) is 5.15 Å². The Labute approximate surface area is 133 Å². The van der Waals surface area contributed by atoms with Crippen LogP contribution in [-0.4, -0.2) is 21.8 Å². The maximum Gasteiger partial charge on any atom is 0.244 e. The molecular formula is C16H14ClN3O2. The standard InChI is InChI=1S/C16H14ClN3O2/c1-11(21)20-16(2,12-7-4-3-5-8-12)22-15(19-20)13-9-6-10-18-14(13)17/h3-10H,1-2H3/t16-/m1/s1. The summed E-state index contributed by atoms with van der Waals surface area (Å²) in [5.74, 6) is 0.0565. The van der Waals surface area contributed by atoms with E-state index in [-0.39, 0.29) is 17.0 Å². The first-order chi connectivity index (χ1) is 10.5. The lowest BCUT2D eigenvalue weighted by Gasteiger charge is -2.31. The zero-order valence-corrected chi connectivity index (χ0v) is 12.9. The minimum absolute atomic E-state index is 0.221. The number of halogens is 1. The molecule has 1 atom stereocenters. The van der Waals surface area contributed by atoms with Crippen molar-refractivity contribution in [1.29, 1.82) is 0 Å². The summed E-state index contributed by atoms with van der Waals surface area (Å²) in [6.07, 6.45) is 1.58. The molecule has 3 rings (SSSR count). The second-order valence-electron chi connectivity index (χ2n) is 5.03. The largest absolute Gasteiger partial charge is 0.443 e. The summed E-state index contributed by atoms with van der Waals surface area (Å²) in [4.78, 5) is 16.0. The van der Waals surface area contributed by atoms with Crippen molar-refractivity contribution in [3.63, 3.8) is 0 Å². The highest BCUT2D eigenvalue weighted by Crippen LogP contribution is 2.37. The van der Waals surface area contributed by atoms with Gasteiger partial charge in [0.1, 0.15) is 5.15 Å². The summed E-state index contributed by atoms with van der Waals surface area (Å²) < 4.78 is 6.01. The van der Waals surface area contributed by atoms with Crippen LogP contribution < -0.4 is 0 Å². The number of aromatic nitrogens is 1. The first-order valence-corrected chi connectivity index (χ1v) is 7.15. The van der Waals surface area contributed by atoms with Crippen LogP contribution in [0.3, 0.4) is 0 Å². The number of hydrazone groups is 1. The molecule has 5 nitrogen and oxygen atoms in total. The van der Waals surface area contributed by atoms with Gasteiger partial charge in [-0.3, -0.25) is 4.79 Å². The van der Waals surface area contributed by atoms with Crippen LogP contribution in [0.25, 0.3) is 0 Å². The van der Waals surface area contributed by atoms with E-state index in [1.165, 1.54) is 11.9 Å². The molecule has 112 valence electrons. The predicted molar refractivity (Wildman–Crippen MR) is 83.2 cm³/mol. The number of benzene rings is 1. The molecule has 0 unspecified atom stereocenters. The van der Waals surface area contributed by atoms with E-state index in [1.807, 2.05) is 30.3 Å². The maximum atomic E-state index is 12.0. The summed E-state index contributed by atoms with van der Waals surface area (Å²) in [5.41, 5.74) is 0.362. The van der Waals surface area contributed by atoms with E-state index in [4.69, 9.17) is 16.3 Å². The molecule has 1 aromatic carbocycles. The zero-order valence-electron chi connectivity index (χ0n) is 12.2. The molecule has 1 aromatic heterocycles. The summed E-state index contributed by atoms with van der Waals surface area (Å²) in [6.45, 7) is 3.24. The molecule has 1 amide bonds. The van der Waals surface area contributed by atoms with Crippen LogP contribution in [-0.2, 0) is 15.3 Å². The predicted octanol–water partition coefficient (Wildman–Crippen LogP) is 3.15. The third-order valence-electron chi connectivity index (χ3n) is 3.49. The van der Waals surface area contributed by atoms with E-state index in [0.717, 1.165) is 5.56 Å². The fourth-order valence-corrected chi connectivity index (χ4v) is 2.59. The third-order valence-corrected chi connectivity index (χ3v) is 3.79. The Morgan fingerprint density at radius 3 is 2.59 bits per heavy atom. The molecule has 0 N–H and O–H groups in total. The average Bonchev–Trinajstić information content (AvgIpc) is 2.88. The van der Waals surface area contributed by atoms with Crippen LogP contribution in [0, 0.1) is 0 Å². The number of amides is 1. The van der Waals surface area contributed by atoms with Gasteiger partial charge in [-0.15, -0.1) is 5.10 Å². The van der Waals surface area contributed by atoms with Gasteiger partial charge in [0.2, 0.25) is 17.5 Å². The molecule has 2 aromatic rings. The van der Waals surface area contributed by atoms with Gasteiger partial charge < -0.3 is 4.74 Å². The Kier molecular flexibility index (Phi) is 3.58. The van der Waals surface area contributed by atoms with Crippen LogP contribution in [0.4, 0.5) is 0 Å². The molecule has 0 bridgehead atoms. The molecule has 0 radical (unpaired) electrons. The number of rotatable bonds is 2. The van der Waals surface area contributed by atoms with Gasteiger partial charge in [-0.2, -0.15) is 5.01 Å². The quantitative estimate of drug-likeness (QED) is 0.800. The van der Waals surface area contributed by atoms with Crippen molar-refractivity contribution in [3.05, 3.63) is 64.9 Å². The highest BCUT2D eigenvalue weighted by atomic mass is 35.5. The van der Waals surface area contributed by atoms with Crippen molar-refractivity contribution in [3.8, 4) is 0 Å². The molecule has 0 spiro atoms. The van der Waals surface area contributed by atoms with Crippen LogP contribution >= 0.6 is 11.6 Å². The van der Waals surface area contributed by atoms with Gasteiger partial charge in [0, 0.05) is 25.6 Å². The van der Waals surface area contributed by atoms with Gasteiger partial charge in [-0.25, -0.2) is 4.98 Å². The van der Waals surface area contributed by atoms with Crippen molar-refractivity contribution in [2.24, 2.45) is 5.10 Å². The Morgan fingerprint density at radius 2 is 1.95 bits per heavy atom. The Hall–Kier alpha value is -2.40. The number of nitrogens with zero attached hydrogens (tertiary/aromatic N) is 3. The van der Waals surface area contributed by atoms with E-state index >= 15 is 0 Å². The average molecular weight is 316 g/mol. The first kappa shape index (κ1) is 14.5. The van der Waals surface area contributed by atoms with Gasteiger partial charge in [-0.1, -0.05) is 41.9 Å². The number of hydrogen-bond donors (Lipinski definition) is 0. The van der Waals surface area contributed by atoms with E-state index in [1.54, 1.807) is 25.3 Å². The molecule has 1 aliphatic heterocycles. The normalized spacial score (nSPS) is 20.5. The van der Waals surface area contributed by atoms with Gasteiger partial charge in [0.15, 0.2) is 0 Å². The van der Waals surface area contributed by atoms with Crippen molar-refractivity contribution in [1.82, 2.24) is 9.99 Å². The molecule has 0 fully saturated rings. The Morgan fingerprint density at radius 1 is 1.23 bits per heavy atom. The topological polar surface area (TPSA) is 54.8 Å². The first-order valence-electron chi connectivity index (χ1n) is 6.77. The summed E-state index contributed by atoms with van der Waals surface area (Å²) in [5, 5.41) is 5.90. The maximum absolute atomic E-state index is 12.0. The van der Waals surface area contributed by atoms with Crippen molar-refractivity contribution in [2.45, 2.75) is 19.6 Å². The highest BCUT2D eigenvalue weighted by molar-refractivity contribution is 6.32. The number of carbonyl (C=O) groups is 1. The number of hydrogen-bond acceptors (Lipinski definition) is 4. The summed E-state index contributed by atoms with van der Waals surface area (Å²) in [7, 11) is 0. The molecule has 0 saturated carbocycles. The van der Waals surface area contributed by atoms with Gasteiger partial charge >= 0.3 is 0 Å². The van der Waals surface area contributed by atoms with E-state index in [9.17, 15) is 4.79 Å². The lowest BCUT2D eigenvalue weighted by molar-refractivity contribution is -0.146. The van der Waals surface area contributed by atoms with Crippen LogP contribution in [0.15, 0.2) is 53.8 Å². The molecular weight excluding hydrogens is 302 g/mol. The summed E-state index contributed by atoms with van der Waals surface area (Å²) >= 11 is 6.10. The second-order valence-corrected chi connectivity index (χ2v) is 5.39. The van der Waals surface area contributed by atoms with E-state index < -0.39 is 5.72 Å². The Bertz CT molecular complexity index is 748. The molecule has 22 heavy (non-hydrogen) atoms. The zero-order chi connectivity index (χ0) is 15.7. The van der Waals surface area contributed by atoms with Crippen LogP contribution in [0.5, 0.6) is 0 Å². The van der Waals surface area contributed by atoms with Crippen molar-refractivity contribution < 1.29 is 9.53 Å². The monoisotopic (exact) mass is 315 g/mol. The van der Waals surface area contributed by atoms with E-state index in [0.29, 0.717) is 5.56 Å². The van der Waals surface area contributed by atoms with Gasteiger partial charge in [0.05, 0.1) is 5.56 Å². The highest BCUT2D eigenvalue weighted by Gasteiger charge is 2.45. The summed E-state index contributed by atoms with van der Waals surface area (Å²) in [6, 6.07) is 12.9. The molecule has 1 aliphatic rings. The molecule has 6 heteroatoms. The third kappa shape index (κ3) is 2.33. The smallest absolute Gasteiger partial charge is 0.244 e. The fourth-order valence-electron chi connectivity index (χ4n) is 2.39. The number of pyridine rings is 1. The molecule has 0 saturated heterocycles. The van der Waals surface area contributed by atoms with Crippen molar-refractivity contribution >= 4 is 23.4 Å². The van der Waals surface area contributed by atoms with Gasteiger partial charge in [-0.05, 0) is 12.1 Å². The van der Waals surface area contributed by atoms with Crippen molar-refractivity contribution in [2.75, 3.05) is 0 Å². The lowest BCUT2D eigenvalue weighted by atomic mass is 10.0. The van der Waals surface area contributed by atoms with Gasteiger partial charge in [0.25, 0.3) is 0 Å². The van der Waals surface area contributed by atoms with E-state index in [2.05, 4.69) is 10.1 Å². The second kappa shape index (κ2) is 5.42. The molecule has 0 aliphatic carbocycles. The number of carbonyl (C=O) groups excluding carboxylic acids is 1. The Balaban J connectivity index is 2.06. The SMILES string of the molecule is CC(=O)N1N=C(c2cccnc2Cl)O[C@]1(C)c1ccccc1. The lowest BCUT2D eigenvalue weighted by Crippen LogP contribution is -2.41. The van der Waals surface area contributed by atoms with Crippen LogP contribution in [0.1, 0.15) is 25.0 Å². The minimum atomic E-state index is -1.01. The molecule has 2 heterocycles.